The predicted octanol–water partition coefficient (Wildman–Crippen LogP) is 5.58. The first-order chi connectivity index (χ1) is 14.4. The van der Waals surface area contributed by atoms with Crippen LogP contribution < -0.4 is 9.47 Å². The van der Waals surface area contributed by atoms with Gasteiger partial charge in [-0.2, -0.15) is 0 Å². The molecule has 0 amide bonds. The van der Waals surface area contributed by atoms with E-state index in [1.807, 2.05) is 0 Å². The number of Topliss-reactive ketones (excluding diaryl/α,β-unsaturated/α-hetero) is 1. The van der Waals surface area contributed by atoms with Crippen molar-refractivity contribution in [2.45, 2.75) is 6.61 Å². The lowest BCUT2D eigenvalue weighted by atomic mass is 10.1. The number of allylic oxidation sites excluding steroid dienone is 1. The summed E-state index contributed by atoms with van der Waals surface area (Å²) in [7, 11) is 0. The molecule has 0 N–H and O–H groups in total. The van der Waals surface area contributed by atoms with Crippen molar-refractivity contribution in [3.8, 4) is 11.5 Å². The van der Waals surface area contributed by atoms with Crippen molar-refractivity contribution < 1.29 is 23.6 Å². The highest BCUT2D eigenvalue weighted by molar-refractivity contribution is 6.32. The van der Waals surface area contributed by atoms with Crippen LogP contribution in [0.25, 0.3) is 6.08 Å². The summed E-state index contributed by atoms with van der Waals surface area (Å²) in [5.74, 6) is -0.241. The Morgan fingerprint density at radius 3 is 2.60 bits per heavy atom. The van der Waals surface area contributed by atoms with Crippen LogP contribution in [0, 0.1) is 15.9 Å². The van der Waals surface area contributed by atoms with Crippen molar-refractivity contribution >= 4 is 29.1 Å². The number of ether oxygens (including phenoxy) is 2. The van der Waals surface area contributed by atoms with Crippen LogP contribution in [0.3, 0.4) is 0 Å². The van der Waals surface area contributed by atoms with Crippen molar-refractivity contribution in [1.82, 2.24) is 0 Å². The van der Waals surface area contributed by atoms with E-state index in [0.29, 0.717) is 17.1 Å². The van der Waals surface area contributed by atoms with Crippen LogP contribution in [-0.2, 0) is 6.61 Å². The molecule has 30 heavy (non-hydrogen) atoms. The molecule has 0 spiro atoms. The van der Waals surface area contributed by atoms with Crippen LogP contribution in [0.5, 0.6) is 11.5 Å². The van der Waals surface area contributed by atoms with Crippen molar-refractivity contribution in [2.75, 3.05) is 0 Å². The van der Waals surface area contributed by atoms with Gasteiger partial charge in [0.1, 0.15) is 23.9 Å². The van der Waals surface area contributed by atoms with Crippen molar-refractivity contribution in [3.63, 3.8) is 0 Å². The number of carbonyl (C=O) groups is 1. The fraction of sp³-hybridized carbons (Fsp3) is 0.0455. The molecule has 4 rings (SSSR count). The van der Waals surface area contributed by atoms with Gasteiger partial charge in [0.2, 0.25) is 5.78 Å². The number of nitro benzene ring substituents is 1. The highest BCUT2D eigenvalue weighted by Crippen LogP contribution is 2.36. The molecule has 6 nitrogen and oxygen atoms in total. The molecule has 0 saturated heterocycles. The maximum absolute atomic E-state index is 14.0. The average molecular weight is 426 g/mol. The van der Waals surface area contributed by atoms with E-state index in [9.17, 15) is 19.3 Å². The van der Waals surface area contributed by atoms with Gasteiger partial charge in [0.05, 0.1) is 15.5 Å². The van der Waals surface area contributed by atoms with E-state index in [1.165, 1.54) is 36.4 Å². The Kier molecular flexibility index (Phi) is 5.20. The summed E-state index contributed by atoms with van der Waals surface area (Å²) in [5.41, 5.74) is 1.15. The molecule has 3 aromatic carbocycles. The number of hydrogen-bond donors (Lipinski definition) is 0. The van der Waals surface area contributed by atoms with Crippen LogP contribution in [0.4, 0.5) is 10.1 Å². The highest BCUT2D eigenvalue weighted by Gasteiger charge is 2.28. The Morgan fingerprint density at radius 2 is 1.90 bits per heavy atom. The molecule has 0 unspecified atom stereocenters. The highest BCUT2D eigenvalue weighted by atomic mass is 35.5. The smallest absolute Gasteiger partial charge is 0.269 e. The molecule has 150 valence electrons. The van der Waals surface area contributed by atoms with Crippen LogP contribution in [0.2, 0.25) is 5.02 Å². The standard InChI is InChI=1S/C22H13ClFNO5/c23-18-2-1-3-19(24)17(18)11-21-22(26)16-9-8-15(10-20(16)30-21)29-12-13-4-6-14(7-5-13)25(27)28/h1-11H,12H2/b21-11-. The third kappa shape index (κ3) is 3.88. The first kappa shape index (κ1) is 19.6. The van der Waals surface area contributed by atoms with Gasteiger partial charge < -0.3 is 9.47 Å². The maximum Gasteiger partial charge on any atom is 0.269 e. The van der Waals surface area contributed by atoms with Gasteiger partial charge in [0.25, 0.3) is 5.69 Å². The number of hydrogen-bond acceptors (Lipinski definition) is 5. The second-order valence-electron chi connectivity index (χ2n) is 6.45. The lowest BCUT2D eigenvalue weighted by molar-refractivity contribution is -0.384. The van der Waals surface area contributed by atoms with E-state index in [2.05, 4.69) is 0 Å². The number of non-ortho nitro benzene ring substituents is 1. The van der Waals surface area contributed by atoms with Crippen LogP contribution in [0.15, 0.2) is 66.4 Å². The summed E-state index contributed by atoms with van der Waals surface area (Å²) in [6, 6.07) is 15.0. The maximum atomic E-state index is 14.0. The summed E-state index contributed by atoms with van der Waals surface area (Å²) in [5, 5.41) is 10.9. The Morgan fingerprint density at radius 1 is 1.13 bits per heavy atom. The van der Waals surface area contributed by atoms with Gasteiger partial charge in [0.15, 0.2) is 5.76 Å². The van der Waals surface area contributed by atoms with Crippen LogP contribution >= 0.6 is 11.6 Å². The number of fused-ring (bicyclic) bond motifs is 1. The number of halogens is 2. The largest absolute Gasteiger partial charge is 0.489 e. The van der Waals surface area contributed by atoms with Gasteiger partial charge in [-0.1, -0.05) is 17.7 Å². The number of ketones is 1. The molecule has 0 radical (unpaired) electrons. The van der Waals surface area contributed by atoms with E-state index < -0.39 is 10.7 Å². The molecule has 1 aliphatic rings. The number of rotatable bonds is 5. The topological polar surface area (TPSA) is 78.7 Å². The molecular weight excluding hydrogens is 413 g/mol. The van der Waals surface area contributed by atoms with Gasteiger partial charge in [-0.3, -0.25) is 14.9 Å². The van der Waals surface area contributed by atoms with Crippen molar-refractivity contribution in [3.05, 3.63) is 104 Å². The van der Waals surface area contributed by atoms with Gasteiger partial charge in [-0.05, 0) is 48.0 Å². The van der Waals surface area contributed by atoms with E-state index in [0.717, 1.165) is 5.56 Å². The van der Waals surface area contributed by atoms with Gasteiger partial charge in [-0.15, -0.1) is 0 Å². The summed E-state index contributed by atoms with van der Waals surface area (Å²) in [6.45, 7) is 0.179. The third-order valence-corrected chi connectivity index (χ3v) is 4.80. The van der Waals surface area contributed by atoms with Crippen molar-refractivity contribution in [1.29, 1.82) is 0 Å². The van der Waals surface area contributed by atoms with Gasteiger partial charge in [-0.25, -0.2) is 4.39 Å². The molecule has 0 saturated carbocycles. The number of nitrogens with zero attached hydrogens (tertiary/aromatic N) is 1. The lowest BCUT2D eigenvalue weighted by Gasteiger charge is -2.07. The lowest BCUT2D eigenvalue weighted by Crippen LogP contribution is -1.99. The summed E-state index contributed by atoms with van der Waals surface area (Å²) < 4.78 is 25.3. The molecular formula is C22H13ClFNO5. The SMILES string of the molecule is O=C1/C(=C/c2c(F)cccc2Cl)Oc2cc(OCc3ccc([N+](=O)[O-])cc3)ccc21. The monoisotopic (exact) mass is 425 g/mol. The van der Waals surface area contributed by atoms with E-state index in [1.54, 1.807) is 30.3 Å². The third-order valence-electron chi connectivity index (χ3n) is 4.47. The first-order valence-corrected chi connectivity index (χ1v) is 9.18. The van der Waals surface area contributed by atoms with Gasteiger partial charge in [0, 0.05) is 23.8 Å². The molecule has 0 bridgehead atoms. The molecule has 0 atom stereocenters. The fourth-order valence-electron chi connectivity index (χ4n) is 2.92. The van der Waals surface area contributed by atoms with E-state index in [4.69, 9.17) is 21.1 Å². The molecule has 0 fully saturated rings. The Hall–Kier alpha value is -3.71. The van der Waals surface area contributed by atoms with Crippen molar-refractivity contribution in [2.24, 2.45) is 0 Å². The molecule has 0 aromatic heterocycles. The van der Waals surface area contributed by atoms with Gasteiger partial charge >= 0.3 is 0 Å². The van der Waals surface area contributed by atoms with E-state index in [-0.39, 0.29) is 34.4 Å². The average Bonchev–Trinajstić information content (AvgIpc) is 3.04. The quantitative estimate of drug-likeness (QED) is 0.303. The normalized spacial score (nSPS) is 13.8. The first-order valence-electron chi connectivity index (χ1n) is 8.81. The summed E-state index contributed by atoms with van der Waals surface area (Å²) in [4.78, 5) is 22.8. The second-order valence-corrected chi connectivity index (χ2v) is 6.85. The minimum absolute atomic E-state index is 0.00235. The zero-order chi connectivity index (χ0) is 21.3. The summed E-state index contributed by atoms with van der Waals surface area (Å²) in [6.07, 6.45) is 1.28. The van der Waals surface area contributed by atoms with E-state index >= 15 is 0 Å². The van der Waals surface area contributed by atoms with Crippen LogP contribution in [-0.4, -0.2) is 10.7 Å². The zero-order valence-corrected chi connectivity index (χ0v) is 16.1. The molecule has 8 heteroatoms. The molecule has 1 heterocycles. The number of carbonyl (C=O) groups excluding carboxylic acids is 1. The fourth-order valence-corrected chi connectivity index (χ4v) is 3.13. The molecule has 3 aromatic rings. The Balaban J connectivity index is 1.51. The number of benzene rings is 3. The zero-order valence-electron chi connectivity index (χ0n) is 15.3. The minimum atomic E-state index is -0.561. The van der Waals surface area contributed by atoms with Crippen LogP contribution in [0.1, 0.15) is 21.5 Å². The Bertz CT molecular complexity index is 1170. The molecule has 0 aliphatic carbocycles. The predicted molar refractivity (Wildman–Crippen MR) is 108 cm³/mol. The Labute approximate surface area is 175 Å². The summed E-state index contributed by atoms with van der Waals surface area (Å²) >= 11 is 6.01. The second kappa shape index (κ2) is 7.96. The molecule has 1 aliphatic heterocycles. The number of nitro groups is 1. The minimum Gasteiger partial charge on any atom is -0.489 e.